The average Bonchev–Trinajstić information content (AvgIpc) is 0.726. The van der Waals surface area contributed by atoms with Gasteiger partial charge in [0.05, 0.1) is 127 Å². The highest BCUT2D eigenvalue weighted by atomic mass is 35.5. The molecule has 15 rings (SSSR count). The molecule has 0 spiro atoms. The maximum absolute atomic E-state index is 15.6. The van der Waals surface area contributed by atoms with E-state index in [0.717, 1.165) is 0 Å². The van der Waals surface area contributed by atoms with E-state index in [1.54, 1.807) is 82.1 Å². The molecule has 714 valence electrons. The second kappa shape index (κ2) is 40.3. The molecule has 3 aliphatic rings. The number of carbonyl (C=O) groups excluding carboxylic acids is 3. The number of halogens is 15. The van der Waals surface area contributed by atoms with Crippen LogP contribution in [0.5, 0.6) is 0 Å². The number of pyridine rings is 9. The quantitative estimate of drug-likeness (QED) is 0.0282. The summed E-state index contributed by atoms with van der Waals surface area (Å²) in [5.41, 5.74) is 14.1. The van der Waals surface area contributed by atoms with Gasteiger partial charge in [0.1, 0.15) is 61.9 Å². The summed E-state index contributed by atoms with van der Waals surface area (Å²) < 4.78 is 123. The van der Waals surface area contributed by atoms with Crippen LogP contribution in [0, 0.1) is 101 Å². The van der Waals surface area contributed by atoms with Gasteiger partial charge in [0.2, 0.25) is 17.7 Å². The van der Waals surface area contributed by atoms with Crippen molar-refractivity contribution >= 4 is 166 Å². The fourth-order valence-corrected chi connectivity index (χ4v) is 19.1. The third-order valence-corrected chi connectivity index (χ3v) is 26.5. The first-order valence-corrected chi connectivity index (χ1v) is 45.2. The van der Waals surface area contributed by atoms with E-state index in [0.29, 0.717) is 50.8 Å². The van der Waals surface area contributed by atoms with Gasteiger partial charge in [0.15, 0.2) is 46.5 Å². The SMILES string of the molecule is C=CC(=O)N1CCN(c2c(C#N)c(=O)n(-c3c(C)ccnc3C(C)C)c3nc(-c4c(F)c(Cl)c(F)c(N)c4Cl)c(Cl)cc23)C[C@H]1C.C=CC(=O)N1CCN(c2c(C#N)c(=O)n(-c3c(C)ccnc3C(C)C)c3nc(-c4c(F)c(F)c(F)c(N)c4Cl)c(Cl)cc23)C[C@H]1C.C=CC(=O)N1CCN(c2c(C#N)c(=O)n(-c3c(C)ccnc3C(C)C)c3nc(-c4c(N)c(F)c(F)c(Cl)c4F)c(Cl)cc23)C[C@H]1C. The Morgan fingerprint density at radius 2 is 0.674 bits per heavy atom. The molecule has 3 fully saturated rings. The lowest BCUT2D eigenvalue weighted by Gasteiger charge is -2.41. The minimum atomic E-state index is -1.88. The number of nitrogen functional groups attached to an aromatic ring is 3. The minimum Gasteiger partial charge on any atom is -0.396 e. The number of nitriles is 3. The largest absolute Gasteiger partial charge is 0.396 e. The van der Waals surface area contributed by atoms with Gasteiger partial charge in [-0.3, -0.25) is 57.4 Å². The monoisotopic (exact) mass is 2020 g/mol. The van der Waals surface area contributed by atoms with Crippen LogP contribution in [0.1, 0.15) is 131 Å². The molecular weight excluding hydrogens is 1940 g/mol. The van der Waals surface area contributed by atoms with Crippen molar-refractivity contribution in [3.8, 4) is 69.0 Å². The summed E-state index contributed by atoms with van der Waals surface area (Å²) in [7, 11) is 0. The van der Waals surface area contributed by atoms with Crippen molar-refractivity contribution in [3.05, 3.63) is 256 Å². The van der Waals surface area contributed by atoms with Crippen LogP contribution >= 0.6 is 81.2 Å². The van der Waals surface area contributed by atoms with Crippen LogP contribution in [-0.2, 0) is 14.4 Å². The van der Waals surface area contributed by atoms with Crippen molar-refractivity contribution in [1.29, 1.82) is 15.8 Å². The van der Waals surface area contributed by atoms with Gasteiger partial charge < -0.3 is 46.6 Å². The van der Waals surface area contributed by atoms with Gasteiger partial charge in [-0.1, -0.05) is 142 Å². The zero-order chi connectivity index (χ0) is 101. The van der Waals surface area contributed by atoms with Crippen LogP contribution < -0.4 is 48.6 Å². The number of benzene rings is 3. The van der Waals surface area contributed by atoms with Crippen molar-refractivity contribution < 1.29 is 49.5 Å². The van der Waals surface area contributed by atoms with Crippen molar-refractivity contribution in [2.45, 2.75) is 119 Å². The van der Waals surface area contributed by atoms with E-state index in [4.69, 9.17) is 103 Å². The Kier molecular flexibility index (Phi) is 29.8. The molecule has 0 unspecified atom stereocenters. The van der Waals surface area contributed by atoms with Crippen molar-refractivity contribution in [3.63, 3.8) is 0 Å². The summed E-state index contributed by atoms with van der Waals surface area (Å²) in [5, 5.41) is 28.2. The predicted molar refractivity (Wildman–Crippen MR) is 521 cm³/mol. The number of amides is 3. The Balaban J connectivity index is 0.000000175. The zero-order valence-electron chi connectivity index (χ0n) is 75.8. The van der Waals surface area contributed by atoms with Crippen LogP contribution in [0.15, 0.2) is 107 Å². The average molecular weight is 2030 g/mol. The fourth-order valence-electron chi connectivity index (χ4n) is 17.5. The Bertz CT molecular complexity index is 6790. The van der Waals surface area contributed by atoms with E-state index >= 15 is 13.2 Å². The molecular formula is C96H84Cl7F8N21O6. The number of aromatic nitrogens is 9. The molecule has 9 aromatic heterocycles. The molecule has 42 heteroatoms. The summed E-state index contributed by atoms with van der Waals surface area (Å²) in [4.78, 5) is 118. The van der Waals surface area contributed by atoms with E-state index in [9.17, 15) is 66.5 Å². The molecule has 3 atom stereocenters. The lowest BCUT2D eigenvalue weighted by atomic mass is 10.0. The number of aryl methyl sites for hydroxylation is 3. The van der Waals surface area contributed by atoms with Crippen molar-refractivity contribution in [2.24, 2.45) is 0 Å². The lowest BCUT2D eigenvalue weighted by Crippen LogP contribution is -2.54. The summed E-state index contributed by atoms with van der Waals surface area (Å²) in [6.07, 6.45) is 8.44. The molecule has 0 saturated carbocycles. The molecule has 3 saturated heterocycles. The normalized spacial score (nSPS) is 15.0. The van der Waals surface area contributed by atoms with Crippen LogP contribution in [0.25, 0.3) is 83.9 Å². The Morgan fingerprint density at radius 3 is 0.964 bits per heavy atom. The molecule has 3 aliphatic heterocycles. The highest BCUT2D eigenvalue weighted by Gasteiger charge is 2.40. The topological polar surface area (TPSA) is 363 Å². The Labute approximate surface area is 819 Å². The van der Waals surface area contributed by atoms with E-state index in [1.807, 2.05) is 79.4 Å². The summed E-state index contributed by atoms with van der Waals surface area (Å²) in [6, 6.07) is 14.4. The van der Waals surface area contributed by atoms with Gasteiger partial charge in [0.25, 0.3) is 16.7 Å². The third kappa shape index (κ3) is 17.7. The molecule has 12 aromatic rings. The van der Waals surface area contributed by atoms with E-state index < -0.39 is 128 Å². The molecule has 3 aromatic carbocycles. The fraction of sp³-hybridized carbons (Fsp3) is 0.281. The molecule has 0 aliphatic carbocycles. The summed E-state index contributed by atoms with van der Waals surface area (Å²) in [6.45, 7) is 35.0. The van der Waals surface area contributed by atoms with Crippen molar-refractivity contribution in [1.82, 2.24) is 58.3 Å². The number of nitrogens with zero attached hydrogens (tertiary/aromatic N) is 18. The smallest absolute Gasteiger partial charge is 0.276 e. The first-order valence-electron chi connectivity index (χ1n) is 42.6. The highest BCUT2D eigenvalue weighted by Crippen LogP contribution is 2.49. The summed E-state index contributed by atoms with van der Waals surface area (Å²) >= 11 is 44.4. The van der Waals surface area contributed by atoms with Gasteiger partial charge in [-0.15, -0.1) is 0 Å². The number of hydrogen-bond acceptors (Lipinski definition) is 21. The first-order chi connectivity index (χ1) is 65.2. The van der Waals surface area contributed by atoms with Gasteiger partial charge in [-0.25, -0.2) is 50.1 Å². The van der Waals surface area contributed by atoms with Crippen LogP contribution in [0.4, 0.5) is 69.2 Å². The van der Waals surface area contributed by atoms with Gasteiger partial charge >= 0.3 is 0 Å². The number of nitrogens with two attached hydrogens (primary N) is 3. The molecule has 27 nitrogen and oxygen atoms in total. The molecule has 138 heavy (non-hydrogen) atoms. The van der Waals surface area contributed by atoms with E-state index in [-0.39, 0.29) is 200 Å². The highest BCUT2D eigenvalue weighted by molar-refractivity contribution is 6.40. The molecule has 3 amide bonds. The second-order valence-electron chi connectivity index (χ2n) is 33.8. The number of carbonyl (C=O) groups is 3. The number of rotatable bonds is 15. The molecule has 6 N–H and O–H groups in total. The van der Waals surface area contributed by atoms with Crippen LogP contribution in [-0.4, -0.2) is 153 Å². The van der Waals surface area contributed by atoms with Gasteiger partial charge in [-0.05, 0) is 131 Å². The number of fused-ring (bicyclic) bond motifs is 3. The standard InChI is InChI=1S/C32H28Cl3F2N7O2.2C32H28Cl2F3N7O2/c1-6-20(45)43-10-9-42(13-16(43)5)30-17-11-19(33)28(21-22(34)26(39)25(37)23(35)24(21)36)41-31(17)44(32(46)18(30)12-38)29-15(4)7-8-40-27(29)14(2)3;1-6-20(45)43-10-9-42(13-16(43)5)30-17-11-19(33)28(21-23(35)22(34)24(36)25(37)26(21)39)41-31(17)44(32(46)18(30)12-38)29-15(4)7-8-40-27(29)14(2)3;1-6-20(45)43-10-9-42(13-16(43)5)30-17-11-19(33)28(21-22(34)26(39)25(37)24(36)23(21)35)41-31(17)44(32(46)18(30)12-38)29-15(4)7-8-40-27(29)14(2)3/h3*6-8,11,14,16H,1,9-10,13,39H2,2-5H3/t3*16-/m111/s1. The molecule has 0 bridgehead atoms. The number of hydrogen-bond donors (Lipinski definition) is 3. The number of piperazine rings is 3. The first kappa shape index (κ1) is 102. The predicted octanol–water partition coefficient (Wildman–Crippen LogP) is 19.4. The maximum atomic E-state index is 15.6. The van der Waals surface area contributed by atoms with E-state index in [2.05, 4.69) is 50.7 Å². The maximum Gasteiger partial charge on any atom is 0.276 e. The van der Waals surface area contributed by atoms with Gasteiger partial charge in [0, 0.05) is 112 Å². The zero-order valence-corrected chi connectivity index (χ0v) is 81.1. The lowest BCUT2D eigenvalue weighted by molar-refractivity contribution is -0.129. The Hall–Kier alpha value is -13.4. The molecule has 12 heterocycles. The Morgan fingerprint density at radius 1 is 0.399 bits per heavy atom. The van der Waals surface area contributed by atoms with Crippen molar-refractivity contribution in [2.75, 3.05) is 90.8 Å². The third-order valence-electron chi connectivity index (χ3n) is 24.2. The van der Waals surface area contributed by atoms with E-state index in [1.165, 1.54) is 50.1 Å². The molecule has 0 radical (unpaired) electrons. The number of anilines is 6. The van der Waals surface area contributed by atoms with Gasteiger partial charge in [-0.2, -0.15) is 15.8 Å². The van der Waals surface area contributed by atoms with Crippen LogP contribution in [0.3, 0.4) is 0 Å². The second-order valence-corrected chi connectivity index (χ2v) is 36.5. The summed E-state index contributed by atoms with van der Waals surface area (Å²) in [5.74, 6) is -13.7. The van der Waals surface area contributed by atoms with Crippen LogP contribution in [0.2, 0.25) is 35.2 Å². The minimum absolute atomic E-state index is 0.00290.